The van der Waals surface area contributed by atoms with Gasteiger partial charge in [0.25, 0.3) is 10.0 Å². The van der Waals surface area contributed by atoms with E-state index in [0.717, 1.165) is 15.6 Å². The van der Waals surface area contributed by atoms with E-state index in [2.05, 4.69) is 9.97 Å². The van der Waals surface area contributed by atoms with Crippen molar-refractivity contribution in [2.24, 2.45) is 0 Å². The highest BCUT2D eigenvalue weighted by Gasteiger charge is 2.29. The maximum atomic E-state index is 13.7. The average molecular weight is 550 g/mol. The van der Waals surface area contributed by atoms with E-state index in [0.29, 0.717) is 51.1 Å². The zero-order chi connectivity index (χ0) is 26.0. The Kier molecular flexibility index (Phi) is 7.43. The van der Waals surface area contributed by atoms with Crippen molar-refractivity contribution in [1.29, 1.82) is 0 Å². The first kappa shape index (κ1) is 25.8. The fourth-order valence-corrected chi connectivity index (χ4v) is 6.50. The smallest absolute Gasteiger partial charge is 0.338 e. The van der Waals surface area contributed by atoms with Gasteiger partial charge in [-0.2, -0.15) is 0 Å². The zero-order valence-electron chi connectivity index (χ0n) is 20.0. The number of benzene rings is 2. The number of methoxy groups -OCH3 is 1. The molecule has 0 aliphatic carbocycles. The molecule has 0 fully saturated rings. The van der Waals surface area contributed by atoms with Gasteiger partial charge < -0.3 is 19.2 Å². The Morgan fingerprint density at radius 1 is 1.11 bits per heavy atom. The number of imidazole rings is 1. The fraction of sp³-hybridized carbons (Fsp3) is 0.250. The van der Waals surface area contributed by atoms with Crippen LogP contribution < -0.4 is 13.8 Å². The molecule has 9 nitrogen and oxygen atoms in total. The van der Waals surface area contributed by atoms with Gasteiger partial charge in [-0.05, 0) is 50.2 Å². The molecule has 0 amide bonds. The molecule has 0 radical (unpaired) electrons. The number of aromatic nitrogens is 2. The van der Waals surface area contributed by atoms with Crippen molar-refractivity contribution in [1.82, 2.24) is 9.97 Å². The molecule has 0 saturated carbocycles. The van der Waals surface area contributed by atoms with Crippen LogP contribution in [-0.2, 0) is 14.8 Å². The largest absolute Gasteiger partial charge is 0.493 e. The maximum Gasteiger partial charge on any atom is 0.338 e. The number of esters is 1. The van der Waals surface area contributed by atoms with Crippen LogP contribution in [0, 0.1) is 0 Å². The van der Waals surface area contributed by atoms with Crippen LogP contribution in [0.15, 0.2) is 47.4 Å². The van der Waals surface area contributed by atoms with E-state index < -0.39 is 16.0 Å². The molecule has 190 valence electrons. The number of thiophene rings is 1. The number of nitrogens with zero attached hydrogens (tertiary/aromatic N) is 2. The van der Waals surface area contributed by atoms with Crippen LogP contribution in [0.5, 0.6) is 11.5 Å². The number of carbonyl (C=O) groups excluding carboxylic acids is 1. The summed E-state index contributed by atoms with van der Waals surface area (Å²) in [5.41, 5.74) is 1.87. The molecule has 12 heteroatoms. The molecule has 4 rings (SSSR count). The molecule has 1 N–H and O–H groups in total. The Morgan fingerprint density at radius 2 is 1.89 bits per heavy atom. The summed E-state index contributed by atoms with van der Waals surface area (Å²) in [6.45, 7) is 4.28. The summed E-state index contributed by atoms with van der Waals surface area (Å²) in [6.07, 6.45) is 0. The van der Waals surface area contributed by atoms with Crippen LogP contribution >= 0.6 is 22.9 Å². The molecule has 0 saturated heterocycles. The van der Waals surface area contributed by atoms with Gasteiger partial charge in [-0.25, -0.2) is 18.2 Å². The monoisotopic (exact) mass is 549 g/mol. The van der Waals surface area contributed by atoms with Crippen molar-refractivity contribution < 1.29 is 27.4 Å². The Labute approximate surface area is 217 Å². The lowest BCUT2D eigenvalue weighted by molar-refractivity contribution is 0.0526. The number of rotatable bonds is 9. The highest BCUT2D eigenvalue weighted by Crippen LogP contribution is 2.40. The van der Waals surface area contributed by atoms with Crippen molar-refractivity contribution in [2.75, 3.05) is 31.7 Å². The molecule has 0 bridgehead atoms. The molecule has 0 atom stereocenters. The number of sulfonamides is 1. The number of ether oxygens (including phenoxy) is 3. The second-order valence-corrected chi connectivity index (χ2v) is 11.1. The van der Waals surface area contributed by atoms with E-state index in [-0.39, 0.29) is 15.8 Å². The minimum absolute atomic E-state index is 0.00229. The van der Waals surface area contributed by atoms with Gasteiger partial charge in [0.2, 0.25) is 0 Å². The van der Waals surface area contributed by atoms with Crippen molar-refractivity contribution in [2.45, 2.75) is 18.7 Å². The Hall–Kier alpha value is -3.28. The second kappa shape index (κ2) is 10.4. The van der Waals surface area contributed by atoms with E-state index in [1.54, 1.807) is 43.3 Å². The lowest BCUT2D eigenvalue weighted by atomic mass is 10.2. The third-order valence-corrected chi connectivity index (χ3v) is 8.53. The van der Waals surface area contributed by atoms with Crippen LogP contribution in [0.25, 0.3) is 21.7 Å². The first-order chi connectivity index (χ1) is 17.2. The van der Waals surface area contributed by atoms with Crippen molar-refractivity contribution in [3.63, 3.8) is 0 Å². The first-order valence-electron chi connectivity index (χ1n) is 11.0. The van der Waals surface area contributed by atoms with Crippen molar-refractivity contribution >= 4 is 55.7 Å². The lowest BCUT2D eigenvalue weighted by Gasteiger charge is -2.21. The SMILES string of the molecule is CCOC(=O)c1ccc2nc(-c3sc(Cl)cc3S(=O)(=O)N(C)c3ccc(OCC)c(OC)c3)[nH]c2c1. The predicted octanol–water partition coefficient (Wildman–Crippen LogP) is 5.35. The maximum absolute atomic E-state index is 13.7. The van der Waals surface area contributed by atoms with Gasteiger partial charge in [0.15, 0.2) is 11.5 Å². The minimum Gasteiger partial charge on any atom is -0.493 e. The minimum atomic E-state index is -4.04. The Morgan fingerprint density at radius 3 is 2.58 bits per heavy atom. The molecular weight excluding hydrogens is 526 g/mol. The summed E-state index contributed by atoms with van der Waals surface area (Å²) in [7, 11) is -1.10. The Balaban J connectivity index is 1.74. The molecule has 0 aliphatic heterocycles. The molecule has 0 unspecified atom stereocenters. The van der Waals surface area contributed by atoms with E-state index >= 15 is 0 Å². The third-order valence-electron chi connectivity index (χ3n) is 5.33. The molecule has 36 heavy (non-hydrogen) atoms. The number of H-pyrrole nitrogens is 1. The number of nitrogens with one attached hydrogen (secondary N) is 1. The standard InChI is InChI=1S/C24H24ClN3O6S2/c1-5-33-18-10-8-15(12-19(18)32-4)28(3)36(30,31)20-13-21(25)35-22(20)23-26-16-9-7-14(11-17(16)27-23)24(29)34-6-2/h7-13H,5-6H2,1-4H3,(H,26,27). The second-order valence-electron chi connectivity index (χ2n) is 7.52. The number of carbonyl (C=O) groups is 1. The third kappa shape index (κ3) is 4.86. The predicted molar refractivity (Wildman–Crippen MR) is 140 cm³/mol. The summed E-state index contributed by atoms with van der Waals surface area (Å²) in [5, 5.41) is 0. The van der Waals surface area contributed by atoms with Crippen molar-refractivity contribution in [3.05, 3.63) is 52.4 Å². The topological polar surface area (TPSA) is 111 Å². The Bertz CT molecular complexity index is 1530. The highest BCUT2D eigenvalue weighted by molar-refractivity contribution is 7.93. The van der Waals surface area contributed by atoms with Gasteiger partial charge in [0.1, 0.15) is 10.7 Å². The average Bonchev–Trinajstić information content (AvgIpc) is 3.47. The van der Waals surface area contributed by atoms with Crippen LogP contribution in [0.1, 0.15) is 24.2 Å². The molecule has 2 aromatic heterocycles. The molecular formula is C24H24ClN3O6S2. The number of aromatic amines is 1. The zero-order valence-corrected chi connectivity index (χ0v) is 22.4. The summed E-state index contributed by atoms with van der Waals surface area (Å²) >= 11 is 7.36. The number of anilines is 1. The van der Waals surface area contributed by atoms with Crippen LogP contribution in [0.3, 0.4) is 0 Å². The summed E-state index contributed by atoms with van der Waals surface area (Å²) in [5.74, 6) is 0.789. The van der Waals surface area contributed by atoms with Gasteiger partial charge in [-0.1, -0.05) is 11.6 Å². The highest BCUT2D eigenvalue weighted by atomic mass is 35.5. The van der Waals surface area contributed by atoms with Crippen LogP contribution in [-0.4, -0.2) is 51.7 Å². The van der Waals surface area contributed by atoms with Crippen LogP contribution in [0.4, 0.5) is 5.69 Å². The van der Waals surface area contributed by atoms with Crippen molar-refractivity contribution in [3.8, 4) is 22.2 Å². The lowest BCUT2D eigenvalue weighted by Crippen LogP contribution is -2.26. The molecule has 0 spiro atoms. The fourth-order valence-electron chi connectivity index (χ4n) is 3.57. The number of halogens is 1. The van der Waals surface area contributed by atoms with E-state index in [9.17, 15) is 13.2 Å². The van der Waals surface area contributed by atoms with Gasteiger partial charge in [-0.3, -0.25) is 4.31 Å². The van der Waals surface area contributed by atoms with E-state index in [1.165, 1.54) is 20.2 Å². The normalized spacial score (nSPS) is 11.5. The molecule has 4 aromatic rings. The summed E-state index contributed by atoms with van der Waals surface area (Å²) in [6, 6.07) is 11.2. The molecule has 0 aliphatic rings. The van der Waals surface area contributed by atoms with E-state index in [1.807, 2.05) is 6.92 Å². The first-order valence-corrected chi connectivity index (χ1v) is 13.6. The van der Waals surface area contributed by atoms with Crippen LogP contribution in [0.2, 0.25) is 4.34 Å². The van der Waals surface area contributed by atoms with E-state index in [4.69, 9.17) is 25.8 Å². The summed E-state index contributed by atoms with van der Waals surface area (Å²) in [4.78, 5) is 20.1. The number of fused-ring (bicyclic) bond motifs is 1. The molecule has 2 aromatic carbocycles. The van der Waals surface area contributed by atoms with Gasteiger partial charge >= 0.3 is 5.97 Å². The van der Waals surface area contributed by atoms with Gasteiger partial charge in [0, 0.05) is 13.1 Å². The number of hydrogen-bond acceptors (Lipinski definition) is 8. The quantitative estimate of drug-likeness (QED) is 0.280. The molecule has 2 heterocycles. The van der Waals surface area contributed by atoms with Gasteiger partial charge in [-0.15, -0.1) is 11.3 Å². The van der Waals surface area contributed by atoms with Gasteiger partial charge in [0.05, 0.1) is 51.8 Å². The summed E-state index contributed by atoms with van der Waals surface area (Å²) < 4.78 is 44.7. The number of hydrogen-bond donors (Lipinski definition) is 1.